The third-order valence-electron chi connectivity index (χ3n) is 4.45. The molecule has 1 amide bonds. The Kier molecular flexibility index (Phi) is 4.16. The quantitative estimate of drug-likeness (QED) is 0.589. The number of rotatable bonds is 6. The summed E-state index contributed by atoms with van der Waals surface area (Å²) in [5.74, 6) is -0.0548. The standard InChI is InChI=1S/C17H22N2O3/c1-2-22-16(21)17(12-18-10-6-9-15(18)20)13-19(17)11-14-7-4-3-5-8-14/h3-5,7-8H,2,6,9-13H2,1H3. The van der Waals surface area contributed by atoms with Crippen molar-refractivity contribution in [3.63, 3.8) is 0 Å². The van der Waals surface area contributed by atoms with Crippen molar-refractivity contribution in [2.75, 3.05) is 26.2 Å². The van der Waals surface area contributed by atoms with Crippen molar-refractivity contribution >= 4 is 11.9 Å². The molecule has 5 heteroatoms. The molecule has 2 unspecified atom stereocenters. The first-order valence-electron chi connectivity index (χ1n) is 7.90. The number of carbonyl (C=O) groups is 2. The van der Waals surface area contributed by atoms with E-state index in [-0.39, 0.29) is 11.9 Å². The third-order valence-corrected chi connectivity index (χ3v) is 4.45. The molecule has 1 aromatic rings. The van der Waals surface area contributed by atoms with Gasteiger partial charge in [0.05, 0.1) is 13.2 Å². The number of hydrogen-bond donors (Lipinski definition) is 0. The Labute approximate surface area is 130 Å². The fraction of sp³-hybridized carbons (Fsp3) is 0.529. The van der Waals surface area contributed by atoms with Crippen molar-refractivity contribution in [1.29, 1.82) is 0 Å². The van der Waals surface area contributed by atoms with E-state index >= 15 is 0 Å². The normalized spacial score (nSPS) is 27.0. The van der Waals surface area contributed by atoms with Gasteiger partial charge in [0.1, 0.15) is 0 Å². The van der Waals surface area contributed by atoms with Gasteiger partial charge in [-0.05, 0) is 18.9 Å². The van der Waals surface area contributed by atoms with Crippen LogP contribution in [0.15, 0.2) is 30.3 Å². The van der Waals surface area contributed by atoms with Gasteiger partial charge in [0, 0.05) is 26.1 Å². The van der Waals surface area contributed by atoms with Gasteiger partial charge in [-0.15, -0.1) is 0 Å². The molecular weight excluding hydrogens is 280 g/mol. The fourth-order valence-electron chi connectivity index (χ4n) is 3.15. The Balaban J connectivity index is 1.71. The van der Waals surface area contributed by atoms with Crippen LogP contribution in [0.2, 0.25) is 0 Å². The highest BCUT2D eigenvalue weighted by Crippen LogP contribution is 2.37. The lowest BCUT2D eigenvalue weighted by Crippen LogP contribution is -2.44. The van der Waals surface area contributed by atoms with Gasteiger partial charge < -0.3 is 9.64 Å². The van der Waals surface area contributed by atoms with Gasteiger partial charge in [-0.2, -0.15) is 0 Å². The largest absolute Gasteiger partial charge is 0.465 e. The van der Waals surface area contributed by atoms with E-state index < -0.39 is 5.54 Å². The fourth-order valence-corrected chi connectivity index (χ4v) is 3.15. The highest BCUT2D eigenvalue weighted by molar-refractivity contribution is 5.87. The number of benzene rings is 1. The van der Waals surface area contributed by atoms with Crippen LogP contribution >= 0.6 is 0 Å². The highest BCUT2D eigenvalue weighted by Gasteiger charge is 2.60. The molecule has 0 saturated carbocycles. The number of ether oxygens (including phenoxy) is 1. The number of nitrogens with zero attached hydrogens (tertiary/aromatic N) is 2. The van der Waals surface area contributed by atoms with Gasteiger partial charge in [0.15, 0.2) is 5.54 Å². The second-order valence-electron chi connectivity index (χ2n) is 6.01. The van der Waals surface area contributed by atoms with E-state index in [1.54, 1.807) is 0 Å². The predicted molar refractivity (Wildman–Crippen MR) is 82.0 cm³/mol. The summed E-state index contributed by atoms with van der Waals surface area (Å²) in [4.78, 5) is 28.2. The van der Waals surface area contributed by atoms with Gasteiger partial charge in [-0.3, -0.25) is 9.69 Å². The first-order chi connectivity index (χ1) is 10.7. The van der Waals surface area contributed by atoms with E-state index in [1.165, 1.54) is 5.56 Å². The summed E-state index contributed by atoms with van der Waals surface area (Å²) in [6.07, 6.45) is 1.48. The van der Waals surface area contributed by atoms with Gasteiger partial charge >= 0.3 is 5.97 Å². The summed E-state index contributed by atoms with van der Waals surface area (Å²) in [5, 5.41) is 0. The van der Waals surface area contributed by atoms with Gasteiger partial charge in [0.2, 0.25) is 5.91 Å². The van der Waals surface area contributed by atoms with Crippen LogP contribution < -0.4 is 0 Å². The summed E-state index contributed by atoms with van der Waals surface area (Å²) in [7, 11) is 0. The topological polar surface area (TPSA) is 49.6 Å². The molecule has 2 atom stereocenters. The third kappa shape index (κ3) is 2.86. The molecule has 0 aliphatic carbocycles. The summed E-state index contributed by atoms with van der Waals surface area (Å²) in [6.45, 7) is 4.76. The van der Waals surface area contributed by atoms with Gasteiger partial charge in [-0.25, -0.2) is 4.79 Å². The van der Waals surface area contributed by atoms with Crippen LogP contribution in [0.4, 0.5) is 0 Å². The summed E-state index contributed by atoms with van der Waals surface area (Å²) in [6, 6.07) is 10.1. The van der Waals surface area contributed by atoms with Crippen molar-refractivity contribution in [3.05, 3.63) is 35.9 Å². The lowest BCUT2D eigenvalue weighted by Gasteiger charge is -2.23. The van der Waals surface area contributed by atoms with Gasteiger partial charge in [0.25, 0.3) is 0 Å². The van der Waals surface area contributed by atoms with Crippen LogP contribution in [0.25, 0.3) is 0 Å². The van der Waals surface area contributed by atoms with Crippen LogP contribution in [-0.2, 0) is 20.9 Å². The van der Waals surface area contributed by atoms with E-state index in [4.69, 9.17) is 4.74 Å². The molecule has 5 nitrogen and oxygen atoms in total. The SMILES string of the molecule is CCOC(=O)C1(CN2CCCC2=O)CN1Cc1ccccc1. The maximum absolute atomic E-state index is 12.4. The van der Waals surface area contributed by atoms with Crippen LogP contribution in [0.1, 0.15) is 25.3 Å². The maximum atomic E-state index is 12.4. The van der Waals surface area contributed by atoms with E-state index in [0.717, 1.165) is 13.0 Å². The Bertz CT molecular complexity index is 560. The van der Waals surface area contributed by atoms with Crippen LogP contribution in [0, 0.1) is 0 Å². The average molecular weight is 302 g/mol. The molecule has 22 heavy (non-hydrogen) atoms. The minimum Gasteiger partial charge on any atom is -0.465 e. The molecule has 2 heterocycles. The number of hydrogen-bond acceptors (Lipinski definition) is 4. The summed E-state index contributed by atoms with van der Waals surface area (Å²) < 4.78 is 5.26. The Morgan fingerprint density at radius 2 is 2.09 bits per heavy atom. The summed E-state index contributed by atoms with van der Waals surface area (Å²) in [5.41, 5.74) is 0.521. The molecular formula is C17H22N2O3. The van der Waals surface area contributed by atoms with E-state index in [1.807, 2.05) is 30.0 Å². The minimum atomic E-state index is -0.647. The first-order valence-corrected chi connectivity index (χ1v) is 7.90. The highest BCUT2D eigenvalue weighted by atomic mass is 16.5. The predicted octanol–water partition coefficient (Wildman–Crippen LogP) is 1.43. The molecule has 2 aliphatic rings. The smallest absolute Gasteiger partial charge is 0.329 e. The van der Waals surface area contributed by atoms with E-state index in [2.05, 4.69) is 17.0 Å². The zero-order valence-corrected chi connectivity index (χ0v) is 13.0. The molecule has 118 valence electrons. The van der Waals surface area contributed by atoms with Gasteiger partial charge in [-0.1, -0.05) is 30.3 Å². The van der Waals surface area contributed by atoms with Crippen LogP contribution in [0.3, 0.4) is 0 Å². The Hall–Kier alpha value is -1.88. The van der Waals surface area contributed by atoms with Crippen molar-refractivity contribution in [2.45, 2.75) is 31.8 Å². The van der Waals surface area contributed by atoms with Crippen LogP contribution in [0.5, 0.6) is 0 Å². The van der Waals surface area contributed by atoms with Crippen molar-refractivity contribution in [3.8, 4) is 0 Å². The first kappa shape index (κ1) is 15.0. The molecule has 0 bridgehead atoms. The zero-order chi connectivity index (χ0) is 15.6. The monoisotopic (exact) mass is 302 g/mol. The van der Waals surface area contributed by atoms with E-state index in [0.29, 0.717) is 32.7 Å². The van der Waals surface area contributed by atoms with Crippen LogP contribution in [-0.4, -0.2) is 53.5 Å². The molecule has 2 saturated heterocycles. The molecule has 2 aliphatic heterocycles. The zero-order valence-electron chi connectivity index (χ0n) is 13.0. The number of esters is 1. The molecule has 0 aromatic heterocycles. The molecule has 1 aromatic carbocycles. The molecule has 3 rings (SSSR count). The molecule has 0 N–H and O–H groups in total. The molecule has 2 fully saturated rings. The van der Waals surface area contributed by atoms with Crippen molar-refractivity contribution in [2.24, 2.45) is 0 Å². The molecule has 0 spiro atoms. The maximum Gasteiger partial charge on any atom is 0.329 e. The number of amides is 1. The number of carbonyl (C=O) groups excluding carboxylic acids is 2. The molecule has 0 radical (unpaired) electrons. The number of likely N-dealkylation sites (tertiary alicyclic amines) is 1. The summed E-state index contributed by atoms with van der Waals surface area (Å²) >= 11 is 0. The Morgan fingerprint density at radius 3 is 2.73 bits per heavy atom. The second-order valence-corrected chi connectivity index (χ2v) is 6.01. The Morgan fingerprint density at radius 1 is 1.32 bits per heavy atom. The van der Waals surface area contributed by atoms with E-state index in [9.17, 15) is 9.59 Å². The minimum absolute atomic E-state index is 0.148. The lowest BCUT2D eigenvalue weighted by atomic mass is 10.1. The van der Waals surface area contributed by atoms with Crippen molar-refractivity contribution < 1.29 is 14.3 Å². The average Bonchev–Trinajstić information content (AvgIpc) is 3.05. The lowest BCUT2D eigenvalue weighted by molar-refractivity contribution is -0.148. The second kappa shape index (κ2) is 6.08. The van der Waals surface area contributed by atoms with Crippen molar-refractivity contribution in [1.82, 2.24) is 9.80 Å².